The molecule has 0 spiro atoms. The highest BCUT2D eigenvalue weighted by Gasteiger charge is 2.28. The lowest BCUT2D eigenvalue weighted by Crippen LogP contribution is -2.56. The number of carbonyl (C=O) groups is 5. The molecule has 8 N–H and O–H groups in total. The lowest BCUT2D eigenvalue weighted by Gasteiger charge is -2.23. The zero-order valence-electron chi connectivity index (χ0n) is 16.2. The van der Waals surface area contributed by atoms with Gasteiger partial charge in [-0.05, 0) is 31.8 Å². The quantitative estimate of drug-likeness (QED) is 0.152. The molecule has 29 heavy (non-hydrogen) atoms. The van der Waals surface area contributed by atoms with Crippen molar-refractivity contribution in [3.8, 4) is 0 Å². The van der Waals surface area contributed by atoms with Gasteiger partial charge < -0.3 is 37.0 Å². The summed E-state index contributed by atoms with van der Waals surface area (Å²) in [5.41, 5.74) is 5.71. The van der Waals surface area contributed by atoms with Gasteiger partial charge in [0, 0.05) is 6.42 Å². The number of carboxylic acids is 2. The van der Waals surface area contributed by atoms with Crippen LogP contribution in [0, 0.1) is 0 Å². The molecule has 0 aliphatic rings. The third-order valence-corrected chi connectivity index (χ3v) is 4.44. The van der Waals surface area contributed by atoms with Crippen molar-refractivity contribution < 1.29 is 39.3 Å². The van der Waals surface area contributed by atoms with E-state index in [1.807, 2.05) is 11.6 Å². The largest absolute Gasteiger partial charge is 0.481 e. The Morgan fingerprint density at radius 1 is 0.931 bits per heavy atom. The van der Waals surface area contributed by atoms with Crippen LogP contribution in [-0.4, -0.2) is 87.8 Å². The highest BCUT2D eigenvalue weighted by Crippen LogP contribution is 2.02. The van der Waals surface area contributed by atoms with E-state index in [1.54, 1.807) is 0 Å². The first-order valence-corrected chi connectivity index (χ1v) is 10.1. The molecule has 0 aromatic rings. The molecular weight excluding hydrogens is 408 g/mol. The van der Waals surface area contributed by atoms with Gasteiger partial charge >= 0.3 is 11.9 Å². The van der Waals surface area contributed by atoms with Crippen LogP contribution in [0.5, 0.6) is 0 Å². The second-order valence-corrected chi connectivity index (χ2v) is 7.18. The maximum absolute atomic E-state index is 12.3. The fourth-order valence-corrected chi connectivity index (χ4v) is 2.54. The fraction of sp³-hybridized carbons (Fsp3) is 0.688. The zero-order valence-corrected chi connectivity index (χ0v) is 17.0. The third-order valence-electron chi connectivity index (χ3n) is 3.80. The number of aliphatic hydroxyl groups excluding tert-OH is 1. The number of amides is 3. The maximum Gasteiger partial charge on any atom is 0.328 e. The van der Waals surface area contributed by atoms with Gasteiger partial charge in [-0.3, -0.25) is 19.2 Å². The number of hydrogen-bond donors (Lipinski definition) is 7. The van der Waals surface area contributed by atoms with Crippen LogP contribution in [-0.2, 0) is 24.0 Å². The summed E-state index contributed by atoms with van der Waals surface area (Å²) in [6.45, 7) is 0.468. The van der Waals surface area contributed by atoms with Gasteiger partial charge in [-0.25, -0.2) is 4.79 Å². The summed E-state index contributed by atoms with van der Waals surface area (Å²) in [6.07, 6.45) is 1.46. The molecule has 0 aliphatic carbocycles. The van der Waals surface area contributed by atoms with Crippen LogP contribution in [0.15, 0.2) is 0 Å². The van der Waals surface area contributed by atoms with Crippen molar-refractivity contribution in [2.24, 2.45) is 5.73 Å². The van der Waals surface area contributed by atoms with Crippen molar-refractivity contribution in [2.45, 2.75) is 50.4 Å². The highest BCUT2D eigenvalue weighted by molar-refractivity contribution is 7.98. The lowest BCUT2D eigenvalue weighted by molar-refractivity contribution is -0.144. The third kappa shape index (κ3) is 10.7. The standard InChI is InChI=1S/C16H28N4O8S/c1-8(18-14(25)9(17)5-6-29-2)13(24)19-10(3-4-12(22)23)15(26)20-11(7-21)16(27)28/h8-11,21H,3-7,17H2,1-2H3,(H,18,25)(H,19,24)(H,20,26)(H,22,23)(H,27,28). The second kappa shape index (κ2) is 13.7. The number of thioether (sulfide) groups is 1. The molecule has 0 heterocycles. The fourth-order valence-electron chi connectivity index (χ4n) is 2.05. The van der Waals surface area contributed by atoms with Gasteiger partial charge in [-0.2, -0.15) is 11.8 Å². The van der Waals surface area contributed by atoms with Gasteiger partial charge in [0.2, 0.25) is 17.7 Å². The Balaban J connectivity index is 5.00. The number of hydrogen-bond acceptors (Lipinski definition) is 8. The molecule has 12 nitrogen and oxygen atoms in total. The van der Waals surface area contributed by atoms with Gasteiger partial charge in [0.05, 0.1) is 12.6 Å². The summed E-state index contributed by atoms with van der Waals surface area (Å²) >= 11 is 1.51. The minimum absolute atomic E-state index is 0.321. The first-order chi connectivity index (χ1) is 13.5. The predicted molar refractivity (Wildman–Crippen MR) is 104 cm³/mol. The van der Waals surface area contributed by atoms with Gasteiger partial charge in [-0.1, -0.05) is 0 Å². The van der Waals surface area contributed by atoms with Crippen LogP contribution >= 0.6 is 11.8 Å². The molecule has 4 unspecified atom stereocenters. The highest BCUT2D eigenvalue weighted by atomic mass is 32.2. The van der Waals surface area contributed by atoms with Crippen molar-refractivity contribution in [3.63, 3.8) is 0 Å². The normalized spacial score (nSPS) is 14.8. The Kier molecular flexibility index (Phi) is 12.6. The van der Waals surface area contributed by atoms with Crippen LogP contribution in [0.4, 0.5) is 0 Å². The molecule has 13 heteroatoms. The Bertz CT molecular complexity index is 603. The molecule has 0 saturated carbocycles. The summed E-state index contributed by atoms with van der Waals surface area (Å²) in [6, 6.07) is -4.88. The number of aliphatic carboxylic acids is 2. The number of carboxylic acid groups (broad SMARTS) is 2. The molecule has 0 aromatic carbocycles. The smallest absolute Gasteiger partial charge is 0.328 e. The van der Waals surface area contributed by atoms with E-state index >= 15 is 0 Å². The average Bonchev–Trinajstić information content (AvgIpc) is 2.66. The van der Waals surface area contributed by atoms with E-state index in [-0.39, 0.29) is 6.42 Å². The van der Waals surface area contributed by atoms with Crippen LogP contribution < -0.4 is 21.7 Å². The molecule has 0 fully saturated rings. The van der Waals surface area contributed by atoms with E-state index in [0.717, 1.165) is 0 Å². The Labute approximate surface area is 172 Å². The van der Waals surface area contributed by atoms with E-state index in [0.29, 0.717) is 12.2 Å². The molecule has 0 saturated heterocycles. The Morgan fingerprint density at radius 3 is 2.00 bits per heavy atom. The number of nitrogens with one attached hydrogen (secondary N) is 3. The first kappa shape index (κ1) is 26.6. The average molecular weight is 436 g/mol. The summed E-state index contributed by atoms with van der Waals surface area (Å²) in [5, 5.41) is 33.4. The van der Waals surface area contributed by atoms with Gasteiger partial charge in [-0.15, -0.1) is 0 Å². The maximum atomic E-state index is 12.3. The van der Waals surface area contributed by atoms with E-state index in [9.17, 15) is 24.0 Å². The Morgan fingerprint density at radius 2 is 1.52 bits per heavy atom. The van der Waals surface area contributed by atoms with Gasteiger partial charge in [0.15, 0.2) is 0 Å². The molecule has 166 valence electrons. The SMILES string of the molecule is CSCCC(N)C(=O)NC(C)C(=O)NC(CCC(=O)O)C(=O)NC(CO)C(=O)O. The number of rotatable bonds is 14. The van der Waals surface area contributed by atoms with Gasteiger partial charge in [0.1, 0.15) is 18.1 Å². The number of nitrogens with two attached hydrogens (primary N) is 1. The molecule has 0 rings (SSSR count). The summed E-state index contributed by atoms with van der Waals surface area (Å²) in [5.74, 6) is -4.38. The minimum atomic E-state index is -1.61. The minimum Gasteiger partial charge on any atom is -0.481 e. The Hall–Kier alpha value is -2.38. The van der Waals surface area contributed by atoms with E-state index < -0.39 is 66.9 Å². The molecule has 0 aromatic heterocycles. The van der Waals surface area contributed by atoms with E-state index in [1.165, 1.54) is 18.7 Å². The monoisotopic (exact) mass is 436 g/mol. The zero-order chi connectivity index (χ0) is 22.6. The molecule has 0 aliphatic heterocycles. The second-order valence-electron chi connectivity index (χ2n) is 6.19. The van der Waals surface area contributed by atoms with Crippen molar-refractivity contribution in [2.75, 3.05) is 18.6 Å². The summed E-state index contributed by atoms with van der Waals surface area (Å²) in [7, 11) is 0. The van der Waals surface area contributed by atoms with Crippen LogP contribution in [0.2, 0.25) is 0 Å². The van der Waals surface area contributed by atoms with Crippen molar-refractivity contribution in [1.29, 1.82) is 0 Å². The molecule has 3 amide bonds. The summed E-state index contributed by atoms with van der Waals surface area (Å²) < 4.78 is 0. The van der Waals surface area contributed by atoms with Crippen molar-refractivity contribution in [1.82, 2.24) is 16.0 Å². The van der Waals surface area contributed by atoms with Crippen molar-refractivity contribution in [3.05, 3.63) is 0 Å². The molecule has 0 bridgehead atoms. The van der Waals surface area contributed by atoms with E-state index in [4.69, 9.17) is 21.1 Å². The van der Waals surface area contributed by atoms with E-state index in [2.05, 4.69) is 10.6 Å². The number of aliphatic hydroxyl groups is 1. The topological polar surface area (TPSA) is 208 Å². The van der Waals surface area contributed by atoms with Gasteiger partial charge in [0.25, 0.3) is 0 Å². The van der Waals surface area contributed by atoms with Crippen LogP contribution in [0.25, 0.3) is 0 Å². The molecular formula is C16H28N4O8S. The summed E-state index contributed by atoms with van der Waals surface area (Å²) in [4.78, 5) is 58.2. The first-order valence-electron chi connectivity index (χ1n) is 8.74. The van der Waals surface area contributed by atoms with Crippen molar-refractivity contribution >= 4 is 41.4 Å². The molecule has 4 atom stereocenters. The number of carbonyl (C=O) groups excluding carboxylic acids is 3. The van der Waals surface area contributed by atoms with Crippen LogP contribution in [0.1, 0.15) is 26.2 Å². The molecule has 0 radical (unpaired) electrons. The lowest BCUT2D eigenvalue weighted by atomic mass is 10.1. The predicted octanol–water partition coefficient (Wildman–Crippen LogP) is -2.52. The van der Waals surface area contributed by atoms with Crippen LogP contribution in [0.3, 0.4) is 0 Å².